The number of rotatable bonds is 6. The molecule has 138 valence electrons. The predicted octanol–water partition coefficient (Wildman–Crippen LogP) is 3.71. The van der Waals surface area contributed by atoms with Gasteiger partial charge in [-0.25, -0.2) is 0 Å². The van der Waals surface area contributed by atoms with Gasteiger partial charge in [-0.1, -0.05) is 6.42 Å². The van der Waals surface area contributed by atoms with Gasteiger partial charge in [0.25, 0.3) is 0 Å². The maximum Gasteiger partial charge on any atom is 0.419 e. The summed E-state index contributed by atoms with van der Waals surface area (Å²) in [5, 5.41) is 6.44. The van der Waals surface area contributed by atoms with Gasteiger partial charge in [0, 0.05) is 36.7 Å². The van der Waals surface area contributed by atoms with Crippen molar-refractivity contribution in [1.29, 1.82) is 0 Å². The van der Waals surface area contributed by atoms with Crippen molar-refractivity contribution in [3.05, 3.63) is 23.3 Å². The first kappa shape index (κ1) is 18.0. The summed E-state index contributed by atoms with van der Waals surface area (Å²) in [7, 11) is 0. The largest absolute Gasteiger partial charge is 0.493 e. The maximum atomic E-state index is 13.4. The first-order chi connectivity index (χ1) is 12.0. The summed E-state index contributed by atoms with van der Waals surface area (Å²) in [4.78, 5) is 10.7. The molecule has 2 unspecified atom stereocenters. The Labute approximate surface area is 145 Å². The summed E-state index contributed by atoms with van der Waals surface area (Å²) in [5.74, 6) is -0.351. The van der Waals surface area contributed by atoms with Crippen LogP contribution in [0.15, 0.2) is 12.1 Å². The number of aldehydes is 1. The molecule has 1 aromatic rings. The zero-order valence-corrected chi connectivity index (χ0v) is 14.0. The Kier molecular flexibility index (Phi) is 5.51. The Hall–Kier alpha value is -1.76. The number of benzene rings is 1. The van der Waals surface area contributed by atoms with E-state index in [1.54, 1.807) is 0 Å². The van der Waals surface area contributed by atoms with Gasteiger partial charge >= 0.3 is 6.18 Å². The van der Waals surface area contributed by atoms with E-state index in [0.29, 0.717) is 30.3 Å². The smallest absolute Gasteiger partial charge is 0.419 e. The molecule has 2 N–H and O–H groups in total. The van der Waals surface area contributed by atoms with Crippen LogP contribution in [-0.2, 0) is 11.0 Å². The highest BCUT2D eigenvalue weighted by Crippen LogP contribution is 2.44. The number of fused-ring (bicyclic) bond motifs is 1. The summed E-state index contributed by atoms with van der Waals surface area (Å²) in [6.45, 7) is 1.68. The number of hydrogen-bond donors (Lipinski definition) is 2. The van der Waals surface area contributed by atoms with Crippen LogP contribution in [0.1, 0.15) is 49.1 Å². The highest BCUT2D eigenvalue weighted by Gasteiger charge is 2.37. The van der Waals surface area contributed by atoms with Crippen LogP contribution in [0.25, 0.3) is 0 Å². The first-order valence-corrected chi connectivity index (χ1v) is 8.78. The number of ether oxygens (including phenoxy) is 1. The number of hydrogen-bond acceptors (Lipinski definition) is 4. The average molecular weight is 356 g/mol. The van der Waals surface area contributed by atoms with Crippen LogP contribution in [0.5, 0.6) is 5.75 Å². The molecule has 3 rings (SSSR count). The quantitative estimate of drug-likeness (QED) is 0.763. The molecule has 2 aliphatic rings. The van der Waals surface area contributed by atoms with E-state index in [-0.39, 0.29) is 24.7 Å². The SMILES string of the molecule is O=CCC1CNc2cc(OCCC3CCCCN3)c(C(F)(F)F)cc21. The lowest BCUT2D eigenvalue weighted by Gasteiger charge is -2.24. The van der Waals surface area contributed by atoms with Gasteiger partial charge in [0.15, 0.2) is 0 Å². The van der Waals surface area contributed by atoms with Crippen LogP contribution in [0.4, 0.5) is 18.9 Å². The molecule has 1 fully saturated rings. The molecule has 1 aromatic carbocycles. The van der Waals surface area contributed by atoms with Gasteiger partial charge in [-0.2, -0.15) is 13.2 Å². The van der Waals surface area contributed by atoms with Crippen molar-refractivity contribution in [1.82, 2.24) is 5.32 Å². The van der Waals surface area contributed by atoms with Crippen molar-refractivity contribution in [2.45, 2.75) is 50.2 Å². The fourth-order valence-corrected chi connectivity index (χ4v) is 3.58. The normalized spacial score (nSPS) is 23.0. The molecular weight excluding hydrogens is 333 g/mol. The Morgan fingerprint density at radius 3 is 2.80 bits per heavy atom. The molecule has 1 saturated heterocycles. The average Bonchev–Trinajstić information content (AvgIpc) is 2.97. The van der Waals surface area contributed by atoms with Crippen molar-refractivity contribution in [2.24, 2.45) is 0 Å². The highest BCUT2D eigenvalue weighted by molar-refractivity contribution is 5.66. The number of piperidine rings is 1. The highest BCUT2D eigenvalue weighted by atomic mass is 19.4. The number of carbonyl (C=O) groups is 1. The van der Waals surface area contributed by atoms with Gasteiger partial charge in [0.2, 0.25) is 0 Å². The van der Waals surface area contributed by atoms with Gasteiger partial charge in [0.1, 0.15) is 12.0 Å². The van der Waals surface area contributed by atoms with E-state index in [4.69, 9.17) is 4.74 Å². The molecule has 4 nitrogen and oxygen atoms in total. The standard InChI is InChI=1S/C18H23F3N2O2/c19-18(20,21)15-9-14-12(4-7-24)11-23-16(14)10-17(15)25-8-5-13-3-1-2-6-22-13/h7,9-10,12-13,22-23H,1-6,8,11H2. The fraction of sp³-hybridized carbons (Fsp3) is 0.611. The molecule has 0 spiro atoms. The third kappa shape index (κ3) is 4.26. The molecule has 2 heterocycles. The predicted molar refractivity (Wildman–Crippen MR) is 89.1 cm³/mol. The van der Waals surface area contributed by atoms with Gasteiger partial charge in [-0.15, -0.1) is 0 Å². The van der Waals surface area contributed by atoms with Crippen LogP contribution in [0.3, 0.4) is 0 Å². The van der Waals surface area contributed by atoms with Crippen LogP contribution in [-0.4, -0.2) is 32.0 Å². The van der Waals surface area contributed by atoms with Crippen molar-refractivity contribution in [3.63, 3.8) is 0 Å². The minimum atomic E-state index is -4.48. The number of halogens is 3. The first-order valence-electron chi connectivity index (χ1n) is 8.78. The van der Waals surface area contributed by atoms with Crippen molar-refractivity contribution in [2.75, 3.05) is 25.0 Å². The second-order valence-electron chi connectivity index (χ2n) is 6.70. The molecule has 0 bridgehead atoms. The van der Waals surface area contributed by atoms with Crippen molar-refractivity contribution < 1.29 is 22.7 Å². The lowest BCUT2D eigenvalue weighted by Crippen LogP contribution is -2.35. The summed E-state index contributed by atoms with van der Waals surface area (Å²) < 4.78 is 45.8. The molecule has 0 saturated carbocycles. The van der Waals surface area contributed by atoms with E-state index in [1.807, 2.05) is 0 Å². The molecule has 0 amide bonds. The van der Waals surface area contributed by atoms with Crippen LogP contribution < -0.4 is 15.4 Å². The summed E-state index contributed by atoms with van der Waals surface area (Å²) >= 11 is 0. The van der Waals surface area contributed by atoms with E-state index in [9.17, 15) is 18.0 Å². The monoisotopic (exact) mass is 356 g/mol. The van der Waals surface area contributed by atoms with Gasteiger partial charge in [-0.05, 0) is 37.4 Å². The van der Waals surface area contributed by atoms with E-state index in [2.05, 4.69) is 10.6 Å². The Morgan fingerprint density at radius 2 is 2.12 bits per heavy atom. The van der Waals surface area contributed by atoms with Gasteiger partial charge in [-0.3, -0.25) is 0 Å². The minimum Gasteiger partial charge on any atom is -0.493 e. The zero-order chi connectivity index (χ0) is 17.9. The summed E-state index contributed by atoms with van der Waals surface area (Å²) in [6.07, 6.45) is 0.494. The third-order valence-corrected chi connectivity index (χ3v) is 4.95. The topological polar surface area (TPSA) is 50.4 Å². The third-order valence-electron chi connectivity index (χ3n) is 4.95. The Bertz CT molecular complexity index is 613. The number of anilines is 1. The van der Waals surface area contributed by atoms with Gasteiger partial charge < -0.3 is 20.2 Å². The number of alkyl halides is 3. The summed E-state index contributed by atoms with van der Waals surface area (Å²) in [6, 6.07) is 2.88. The lowest BCUT2D eigenvalue weighted by molar-refractivity contribution is -0.139. The molecule has 2 aliphatic heterocycles. The molecule has 25 heavy (non-hydrogen) atoms. The molecule has 0 aliphatic carbocycles. The van der Waals surface area contributed by atoms with Crippen LogP contribution >= 0.6 is 0 Å². The van der Waals surface area contributed by atoms with E-state index >= 15 is 0 Å². The lowest BCUT2D eigenvalue weighted by atomic mass is 9.96. The zero-order valence-electron chi connectivity index (χ0n) is 14.0. The molecule has 0 radical (unpaired) electrons. The minimum absolute atomic E-state index is 0.138. The van der Waals surface area contributed by atoms with Crippen LogP contribution in [0, 0.1) is 0 Å². The number of nitrogens with one attached hydrogen (secondary N) is 2. The fourth-order valence-electron chi connectivity index (χ4n) is 3.58. The van der Waals surface area contributed by atoms with E-state index < -0.39 is 11.7 Å². The second-order valence-corrected chi connectivity index (χ2v) is 6.70. The second kappa shape index (κ2) is 7.64. The van der Waals surface area contributed by atoms with Crippen molar-refractivity contribution in [3.8, 4) is 5.75 Å². The van der Waals surface area contributed by atoms with Crippen LogP contribution in [0.2, 0.25) is 0 Å². The van der Waals surface area contributed by atoms with E-state index in [0.717, 1.165) is 38.2 Å². The Balaban J connectivity index is 1.74. The van der Waals surface area contributed by atoms with Crippen molar-refractivity contribution >= 4 is 12.0 Å². The molecular formula is C18H23F3N2O2. The molecule has 2 atom stereocenters. The molecule has 7 heteroatoms. The van der Waals surface area contributed by atoms with Gasteiger partial charge in [0.05, 0.1) is 12.2 Å². The molecule has 0 aromatic heterocycles. The van der Waals surface area contributed by atoms with E-state index in [1.165, 1.54) is 6.07 Å². The summed E-state index contributed by atoms with van der Waals surface area (Å²) in [5.41, 5.74) is 0.411. The number of carbonyl (C=O) groups excluding carboxylic acids is 1. The Morgan fingerprint density at radius 1 is 1.28 bits per heavy atom. The maximum absolute atomic E-state index is 13.4.